The van der Waals surface area contributed by atoms with Crippen LogP contribution in [0.3, 0.4) is 0 Å². The zero-order chi connectivity index (χ0) is 24.1. The van der Waals surface area contributed by atoms with Gasteiger partial charge in [0.25, 0.3) is 15.9 Å². The van der Waals surface area contributed by atoms with Gasteiger partial charge in [0.15, 0.2) is 0 Å². The van der Waals surface area contributed by atoms with Crippen molar-refractivity contribution < 1.29 is 18.0 Å². The average Bonchev–Trinajstić information content (AvgIpc) is 2.85. The van der Waals surface area contributed by atoms with Crippen LogP contribution in [0.15, 0.2) is 108 Å². The van der Waals surface area contributed by atoms with Crippen LogP contribution in [0, 0.1) is 0 Å². The van der Waals surface area contributed by atoms with Crippen LogP contribution in [0.4, 0.5) is 11.4 Å². The van der Waals surface area contributed by atoms with Crippen molar-refractivity contribution in [2.45, 2.75) is 4.90 Å². The number of amides is 2. The van der Waals surface area contributed by atoms with Crippen LogP contribution in [0.25, 0.3) is 11.1 Å². The molecule has 170 valence electrons. The van der Waals surface area contributed by atoms with Crippen LogP contribution < -0.4 is 15.8 Å². The number of carbonyl (C=O) groups is 2. The molecule has 4 aromatic rings. The molecule has 0 spiro atoms. The highest BCUT2D eigenvalue weighted by atomic mass is 32.2. The molecule has 0 bridgehead atoms. The Bertz CT molecular complexity index is 1450. The van der Waals surface area contributed by atoms with Gasteiger partial charge in [0.1, 0.15) is 0 Å². The van der Waals surface area contributed by atoms with Crippen LogP contribution >= 0.6 is 0 Å². The molecule has 2 amide bonds. The highest BCUT2D eigenvalue weighted by molar-refractivity contribution is 7.92. The van der Waals surface area contributed by atoms with Gasteiger partial charge in [0, 0.05) is 28.1 Å². The van der Waals surface area contributed by atoms with Crippen molar-refractivity contribution in [3.8, 4) is 11.1 Å². The fourth-order valence-electron chi connectivity index (χ4n) is 3.50. The molecule has 4 N–H and O–H groups in total. The number of rotatable bonds is 7. The van der Waals surface area contributed by atoms with Crippen molar-refractivity contribution in [3.63, 3.8) is 0 Å². The maximum Gasteiger partial charge on any atom is 0.261 e. The molecule has 4 rings (SSSR count). The topological polar surface area (TPSA) is 118 Å². The number of benzene rings is 4. The molecule has 0 aliphatic carbocycles. The quantitative estimate of drug-likeness (QED) is 0.368. The molecule has 0 aliphatic heterocycles. The lowest BCUT2D eigenvalue weighted by Gasteiger charge is -2.15. The van der Waals surface area contributed by atoms with Gasteiger partial charge >= 0.3 is 0 Å². The summed E-state index contributed by atoms with van der Waals surface area (Å²) in [6.07, 6.45) is 0. The highest BCUT2D eigenvalue weighted by Gasteiger charge is 2.19. The van der Waals surface area contributed by atoms with Gasteiger partial charge in [-0.3, -0.25) is 14.3 Å². The van der Waals surface area contributed by atoms with E-state index in [1.165, 1.54) is 24.3 Å². The Labute approximate surface area is 197 Å². The molecule has 0 saturated heterocycles. The van der Waals surface area contributed by atoms with Crippen LogP contribution in [0.2, 0.25) is 0 Å². The molecule has 0 saturated carbocycles. The van der Waals surface area contributed by atoms with Crippen molar-refractivity contribution >= 4 is 33.2 Å². The van der Waals surface area contributed by atoms with Crippen LogP contribution in [0.5, 0.6) is 0 Å². The fourth-order valence-corrected chi connectivity index (χ4v) is 4.60. The SMILES string of the molecule is NC(=O)c1cccc(NC(=O)c2cccc(S(=O)(=O)Nc3ccccc3)c2)c1-c1ccccc1. The summed E-state index contributed by atoms with van der Waals surface area (Å²) < 4.78 is 28.1. The van der Waals surface area contributed by atoms with Crippen molar-refractivity contribution in [1.82, 2.24) is 0 Å². The number of sulfonamides is 1. The van der Waals surface area contributed by atoms with Gasteiger partial charge in [0.2, 0.25) is 5.91 Å². The molecule has 0 radical (unpaired) electrons. The summed E-state index contributed by atoms with van der Waals surface area (Å²) in [6.45, 7) is 0. The maximum atomic E-state index is 13.1. The van der Waals surface area contributed by atoms with Crippen molar-refractivity contribution in [3.05, 3.63) is 114 Å². The summed E-state index contributed by atoms with van der Waals surface area (Å²) >= 11 is 0. The zero-order valence-corrected chi connectivity index (χ0v) is 18.8. The van der Waals surface area contributed by atoms with Gasteiger partial charge < -0.3 is 11.1 Å². The third-order valence-corrected chi connectivity index (χ3v) is 6.45. The second-order valence-corrected chi connectivity index (χ2v) is 9.09. The van der Waals surface area contributed by atoms with Gasteiger partial charge in [-0.25, -0.2) is 8.42 Å². The lowest BCUT2D eigenvalue weighted by Crippen LogP contribution is -2.18. The first-order valence-electron chi connectivity index (χ1n) is 10.3. The van der Waals surface area contributed by atoms with Crippen LogP contribution in [-0.4, -0.2) is 20.2 Å². The first-order chi connectivity index (χ1) is 16.3. The van der Waals surface area contributed by atoms with E-state index in [0.717, 1.165) is 0 Å². The molecule has 0 fully saturated rings. The van der Waals surface area contributed by atoms with E-state index in [1.54, 1.807) is 60.7 Å². The summed E-state index contributed by atoms with van der Waals surface area (Å²) in [7, 11) is -3.90. The second-order valence-electron chi connectivity index (χ2n) is 7.41. The maximum absolute atomic E-state index is 13.1. The van der Waals surface area contributed by atoms with Crippen LogP contribution in [0.1, 0.15) is 20.7 Å². The summed E-state index contributed by atoms with van der Waals surface area (Å²) in [4.78, 5) is 25.1. The highest BCUT2D eigenvalue weighted by Crippen LogP contribution is 2.32. The first kappa shape index (κ1) is 22.8. The van der Waals surface area contributed by atoms with Gasteiger partial charge in [-0.1, -0.05) is 60.7 Å². The minimum absolute atomic E-state index is 0.0572. The van der Waals surface area contributed by atoms with E-state index >= 15 is 0 Å². The van der Waals surface area contributed by atoms with E-state index in [9.17, 15) is 18.0 Å². The summed E-state index contributed by atoms with van der Waals surface area (Å²) in [6, 6.07) is 28.1. The lowest BCUT2D eigenvalue weighted by atomic mass is 9.97. The zero-order valence-electron chi connectivity index (χ0n) is 17.9. The second kappa shape index (κ2) is 9.60. The predicted molar refractivity (Wildman–Crippen MR) is 132 cm³/mol. The smallest absolute Gasteiger partial charge is 0.261 e. The minimum Gasteiger partial charge on any atom is -0.366 e. The number of nitrogens with one attached hydrogen (secondary N) is 2. The Kier molecular flexibility index (Phi) is 6.42. The standard InChI is InChI=1S/C26H21N3O4S/c27-25(30)22-15-8-16-23(24(22)18-9-3-1-4-10-18)28-26(31)19-11-7-14-21(17-19)34(32,33)29-20-12-5-2-6-13-20/h1-17,29H,(H2,27,30)(H,28,31). The van der Waals surface area contributed by atoms with Crippen molar-refractivity contribution in [2.75, 3.05) is 10.0 Å². The summed E-state index contributed by atoms with van der Waals surface area (Å²) in [5.74, 6) is -1.16. The Morgan fingerprint density at radius 1 is 0.735 bits per heavy atom. The van der Waals surface area contributed by atoms with E-state index in [2.05, 4.69) is 10.0 Å². The number of carbonyl (C=O) groups excluding carboxylic acids is 2. The minimum atomic E-state index is -3.90. The van der Waals surface area contributed by atoms with E-state index < -0.39 is 21.8 Å². The van der Waals surface area contributed by atoms with E-state index in [-0.39, 0.29) is 16.0 Å². The molecular weight excluding hydrogens is 450 g/mol. The molecule has 0 heterocycles. The van der Waals surface area contributed by atoms with Crippen molar-refractivity contribution in [1.29, 1.82) is 0 Å². The van der Waals surface area contributed by atoms with Gasteiger partial charge in [0.05, 0.1) is 4.90 Å². The normalized spacial score (nSPS) is 10.9. The van der Waals surface area contributed by atoms with Gasteiger partial charge in [-0.05, 0) is 48.0 Å². The average molecular weight is 472 g/mol. The third kappa shape index (κ3) is 4.97. The number of hydrogen-bond acceptors (Lipinski definition) is 4. The molecular formula is C26H21N3O4S. The number of anilines is 2. The van der Waals surface area contributed by atoms with Crippen LogP contribution in [-0.2, 0) is 10.0 Å². The largest absolute Gasteiger partial charge is 0.366 e. The monoisotopic (exact) mass is 471 g/mol. The number of para-hydroxylation sites is 1. The molecule has 7 nitrogen and oxygen atoms in total. The third-order valence-electron chi connectivity index (χ3n) is 5.07. The molecule has 4 aromatic carbocycles. The summed E-state index contributed by atoms with van der Waals surface area (Å²) in [5.41, 5.74) is 7.94. The molecule has 0 unspecified atom stereocenters. The number of primary amides is 1. The van der Waals surface area contributed by atoms with Gasteiger partial charge in [-0.2, -0.15) is 0 Å². The Balaban J connectivity index is 1.66. The summed E-state index contributed by atoms with van der Waals surface area (Å²) in [5, 5.41) is 2.79. The first-order valence-corrected chi connectivity index (χ1v) is 11.8. The lowest BCUT2D eigenvalue weighted by molar-refractivity contribution is 0.0996. The van der Waals surface area contributed by atoms with E-state index in [0.29, 0.717) is 22.5 Å². The molecule has 0 aliphatic rings. The van der Waals surface area contributed by atoms with E-state index in [1.807, 2.05) is 18.2 Å². The van der Waals surface area contributed by atoms with Gasteiger partial charge in [-0.15, -0.1) is 0 Å². The Morgan fingerprint density at radius 3 is 2.06 bits per heavy atom. The molecule has 0 atom stereocenters. The molecule has 8 heteroatoms. The van der Waals surface area contributed by atoms with E-state index in [4.69, 9.17) is 5.73 Å². The Morgan fingerprint density at radius 2 is 1.38 bits per heavy atom. The van der Waals surface area contributed by atoms with Crippen molar-refractivity contribution in [2.24, 2.45) is 5.73 Å². The predicted octanol–water partition coefficient (Wildman–Crippen LogP) is 4.51. The molecule has 34 heavy (non-hydrogen) atoms. The molecule has 0 aromatic heterocycles. The number of hydrogen-bond donors (Lipinski definition) is 3. The number of nitrogens with two attached hydrogens (primary N) is 1. The Hall–Kier alpha value is -4.43. The fraction of sp³-hybridized carbons (Fsp3) is 0.